The predicted octanol–water partition coefficient (Wildman–Crippen LogP) is 0.515. The number of fused-ring (bicyclic) bond motifs is 1. The second kappa shape index (κ2) is 3.11. The highest BCUT2D eigenvalue weighted by Gasteiger charge is 2.15. The molecule has 0 radical (unpaired) electrons. The maximum absolute atomic E-state index is 10.3. The standard InChI is InChI=1S/C6H4ClN5O2/c7-3-2-4(9-1-8-2)11-5(10-3)12-6(13)14/h1H,(H,13,14)(H2,8,9,10,11,12)/p+1. The molecule has 0 saturated carbocycles. The van der Waals surface area contributed by atoms with E-state index in [0.717, 1.165) is 0 Å². The molecule has 2 rings (SSSR count). The van der Waals surface area contributed by atoms with Crippen LogP contribution >= 0.6 is 11.6 Å². The van der Waals surface area contributed by atoms with Crippen LogP contribution in [0.2, 0.25) is 5.15 Å². The minimum Gasteiger partial charge on any atom is -0.465 e. The fourth-order valence-electron chi connectivity index (χ4n) is 0.994. The first-order valence-electron chi connectivity index (χ1n) is 3.59. The Kier molecular flexibility index (Phi) is 1.93. The summed E-state index contributed by atoms with van der Waals surface area (Å²) in [5.74, 6) is -0.0640. The van der Waals surface area contributed by atoms with Gasteiger partial charge in [0.2, 0.25) is 5.52 Å². The Hall–Kier alpha value is -1.89. The first-order chi connectivity index (χ1) is 6.66. The summed E-state index contributed by atoms with van der Waals surface area (Å²) in [6.45, 7) is 0. The van der Waals surface area contributed by atoms with Crippen LogP contribution in [-0.2, 0) is 0 Å². The molecule has 0 saturated heterocycles. The average Bonchev–Trinajstić information content (AvgIpc) is 2.50. The molecular formula is C6H5ClN5O2+. The summed E-state index contributed by atoms with van der Waals surface area (Å²) in [4.78, 5) is 23.4. The van der Waals surface area contributed by atoms with Crippen molar-refractivity contribution in [2.24, 2.45) is 0 Å². The highest BCUT2D eigenvalue weighted by Crippen LogP contribution is 2.16. The van der Waals surface area contributed by atoms with Crippen molar-refractivity contribution in [3.8, 4) is 0 Å². The summed E-state index contributed by atoms with van der Waals surface area (Å²) in [5.41, 5.74) is 0.969. The lowest BCUT2D eigenvalue weighted by Gasteiger charge is -1.94. The molecule has 0 aliphatic heterocycles. The van der Waals surface area contributed by atoms with Crippen LogP contribution in [0.1, 0.15) is 0 Å². The second-order valence-electron chi connectivity index (χ2n) is 2.42. The molecule has 72 valence electrons. The summed E-state index contributed by atoms with van der Waals surface area (Å²) in [5, 5.41) is 10.6. The van der Waals surface area contributed by atoms with Crippen molar-refractivity contribution in [1.29, 1.82) is 0 Å². The van der Waals surface area contributed by atoms with E-state index in [1.807, 2.05) is 5.32 Å². The highest BCUT2D eigenvalue weighted by molar-refractivity contribution is 6.33. The van der Waals surface area contributed by atoms with E-state index < -0.39 is 6.09 Å². The highest BCUT2D eigenvalue weighted by atomic mass is 35.5. The number of amides is 1. The maximum atomic E-state index is 10.3. The van der Waals surface area contributed by atoms with E-state index in [1.165, 1.54) is 6.33 Å². The van der Waals surface area contributed by atoms with Crippen LogP contribution in [0.3, 0.4) is 0 Å². The van der Waals surface area contributed by atoms with Gasteiger partial charge in [-0.15, -0.1) is 0 Å². The third-order valence-corrected chi connectivity index (χ3v) is 1.78. The molecule has 0 aliphatic carbocycles. The van der Waals surface area contributed by atoms with Gasteiger partial charge in [-0.05, 0) is 0 Å². The van der Waals surface area contributed by atoms with Gasteiger partial charge in [0.15, 0.2) is 11.5 Å². The van der Waals surface area contributed by atoms with Crippen LogP contribution in [0.15, 0.2) is 6.33 Å². The van der Waals surface area contributed by atoms with Crippen LogP contribution < -0.4 is 10.3 Å². The number of aromatic nitrogens is 4. The minimum atomic E-state index is -1.24. The molecular weight excluding hydrogens is 210 g/mol. The second-order valence-corrected chi connectivity index (χ2v) is 2.78. The Bertz CT molecular complexity index is 496. The number of hydrogen-bond acceptors (Lipinski definition) is 3. The zero-order valence-corrected chi connectivity index (χ0v) is 7.46. The van der Waals surface area contributed by atoms with E-state index >= 15 is 0 Å². The number of halogens is 1. The van der Waals surface area contributed by atoms with Crippen LogP contribution in [-0.4, -0.2) is 26.2 Å². The van der Waals surface area contributed by atoms with E-state index in [1.54, 1.807) is 0 Å². The molecule has 0 aliphatic rings. The van der Waals surface area contributed by atoms with E-state index in [0.29, 0.717) is 11.2 Å². The zero-order valence-electron chi connectivity index (χ0n) is 6.71. The topological polar surface area (TPSA) is 105 Å². The number of nitrogens with one attached hydrogen (secondary N) is 3. The van der Waals surface area contributed by atoms with Gasteiger partial charge < -0.3 is 5.11 Å². The van der Waals surface area contributed by atoms with Gasteiger partial charge in [0.05, 0.1) is 0 Å². The molecule has 0 unspecified atom stereocenters. The minimum absolute atomic E-state index is 0.0640. The fraction of sp³-hybridized carbons (Fsp3) is 0. The number of imidazole rings is 1. The SMILES string of the molecule is O=C(O)Nc1nc(Cl)c2[nH]c[nH+]c2n1. The van der Waals surface area contributed by atoms with Crippen molar-refractivity contribution in [2.75, 3.05) is 5.32 Å². The van der Waals surface area contributed by atoms with E-state index in [-0.39, 0.29) is 11.1 Å². The molecule has 7 nitrogen and oxygen atoms in total. The summed E-state index contributed by atoms with van der Waals surface area (Å²) in [7, 11) is 0. The first kappa shape index (κ1) is 8.70. The van der Waals surface area contributed by atoms with Crippen molar-refractivity contribution >= 4 is 34.8 Å². The quantitative estimate of drug-likeness (QED) is 0.602. The molecule has 0 aromatic carbocycles. The Labute approximate surface area is 82.2 Å². The van der Waals surface area contributed by atoms with Crippen molar-refractivity contribution in [3.63, 3.8) is 0 Å². The van der Waals surface area contributed by atoms with Crippen molar-refractivity contribution in [2.45, 2.75) is 0 Å². The zero-order chi connectivity index (χ0) is 10.1. The van der Waals surface area contributed by atoms with Gasteiger partial charge in [0.1, 0.15) is 0 Å². The van der Waals surface area contributed by atoms with Crippen LogP contribution in [0, 0.1) is 0 Å². The summed E-state index contributed by atoms with van der Waals surface area (Å²) in [6, 6.07) is 0. The molecule has 1 amide bonds. The monoisotopic (exact) mass is 214 g/mol. The van der Waals surface area contributed by atoms with Gasteiger partial charge in [-0.2, -0.15) is 4.98 Å². The molecule has 14 heavy (non-hydrogen) atoms. The third-order valence-electron chi connectivity index (χ3n) is 1.51. The third kappa shape index (κ3) is 1.44. The number of H-pyrrole nitrogens is 2. The van der Waals surface area contributed by atoms with Crippen LogP contribution in [0.25, 0.3) is 11.2 Å². The Morgan fingerprint density at radius 1 is 1.64 bits per heavy atom. The first-order valence-corrected chi connectivity index (χ1v) is 3.97. The number of hydrogen-bond donors (Lipinski definition) is 3. The Morgan fingerprint density at radius 3 is 3.14 bits per heavy atom. The number of carbonyl (C=O) groups is 1. The average molecular weight is 215 g/mol. The molecule has 8 heteroatoms. The van der Waals surface area contributed by atoms with Crippen molar-refractivity contribution in [1.82, 2.24) is 15.0 Å². The van der Waals surface area contributed by atoms with Gasteiger partial charge in [0.25, 0.3) is 0 Å². The summed E-state index contributed by atoms with van der Waals surface area (Å²) < 4.78 is 0. The largest absolute Gasteiger partial charge is 0.465 e. The molecule has 2 heterocycles. The molecule has 0 bridgehead atoms. The van der Waals surface area contributed by atoms with E-state index in [4.69, 9.17) is 16.7 Å². The molecule has 0 atom stereocenters. The maximum Gasteiger partial charge on any atom is 0.412 e. The summed E-state index contributed by atoms with van der Waals surface area (Å²) >= 11 is 5.75. The van der Waals surface area contributed by atoms with Crippen LogP contribution in [0.4, 0.5) is 10.7 Å². The van der Waals surface area contributed by atoms with Crippen molar-refractivity contribution < 1.29 is 14.9 Å². The molecule has 0 fully saturated rings. The van der Waals surface area contributed by atoms with Gasteiger partial charge in [-0.1, -0.05) is 16.6 Å². The summed E-state index contributed by atoms with van der Waals surface area (Å²) in [6.07, 6.45) is 0.284. The number of carboxylic acid groups (broad SMARTS) is 1. The lowest BCUT2D eigenvalue weighted by Crippen LogP contribution is -2.11. The fourth-order valence-corrected chi connectivity index (χ4v) is 1.22. The van der Waals surface area contributed by atoms with Gasteiger partial charge in [-0.25, -0.2) is 15.1 Å². The predicted molar refractivity (Wildman–Crippen MR) is 47.1 cm³/mol. The van der Waals surface area contributed by atoms with E-state index in [9.17, 15) is 4.79 Å². The lowest BCUT2D eigenvalue weighted by atomic mass is 10.5. The molecule has 2 aromatic heterocycles. The van der Waals surface area contributed by atoms with Gasteiger partial charge in [0, 0.05) is 0 Å². The van der Waals surface area contributed by atoms with Gasteiger partial charge in [-0.3, -0.25) is 4.98 Å². The number of nitrogens with zero attached hydrogens (tertiary/aromatic N) is 2. The molecule has 4 N–H and O–H groups in total. The van der Waals surface area contributed by atoms with E-state index in [2.05, 4.69) is 19.9 Å². The van der Waals surface area contributed by atoms with Gasteiger partial charge >= 0.3 is 17.7 Å². The lowest BCUT2D eigenvalue weighted by molar-refractivity contribution is -0.347. The van der Waals surface area contributed by atoms with Crippen LogP contribution in [0.5, 0.6) is 0 Å². The Morgan fingerprint density at radius 2 is 2.43 bits per heavy atom. The number of rotatable bonds is 1. The van der Waals surface area contributed by atoms with Crippen molar-refractivity contribution in [3.05, 3.63) is 11.5 Å². The number of anilines is 1. The molecule has 2 aromatic rings. The Balaban J connectivity index is 2.53. The normalized spacial score (nSPS) is 10.4. The molecule has 0 spiro atoms. The smallest absolute Gasteiger partial charge is 0.412 e. The number of aromatic amines is 2.